The normalized spacial score (nSPS) is 14.1. The molecule has 9 heteroatoms. The monoisotopic (exact) mass is 527 g/mol. The second kappa shape index (κ2) is 11.4. The molecule has 1 aromatic heterocycles. The lowest BCUT2D eigenvalue weighted by atomic mass is 9.92. The van der Waals surface area contributed by atoms with Gasteiger partial charge in [0.15, 0.2) is 0 Å². The topological polar surface area (TPSA) is 98.1 Å². The van der Waals surface area contributed by atoms with Crippen molar-refractivity contribution >= 4 is 29.0 Å². The number of hydrogen-bond acceptors (Lipinski definition) is 5. The van der Waals surface area contributed by atoms with Crippen molar-refractivity contribution in [2.45, 2.75) is 25.9 Å². The summed E-state index contributed by atoms with van der Waals surface area (Å²) in [5.41, 5.74) is 9.73. The van der Waals surface area contributed by atoms with Gasteiger partial charge in [0.2, 0.25) is 5.91 Å². The Bertz CT molecular complexity index is 1480. The summed E-state index contributed by atoms with van der Waals surface area (Å²) in [4.78, 5) is 25.1. The van der Waals surface area contributed by atoms with Crippen molar-refractivity contribution < 1.29 is 14.3 Å². The molecule has 4 aromatic rings. The average Bonchev–Trinajstić information content (AvgIpc) is 3.25. The first-order valence-electron chi connectivity index (χ1n) is 12.2. The van der Waals surface area contributed by atoms with Crippen LogP contribution in [0.25, 0.3) is 11.3 Å². The lowest BCUT2D eigenvalue weighted by Gasteiger charge is -2.14. The first kappa shape index (κ1) is 25.4. The molecule has 0 saturated carbocycles. The third-order valence-electron chi connectivity index (χ3n) is 6.23. The number of hydrazine groups is 1. The zero-order valence-corrected chi connectivity index (χ0v) is 21.5. The molecule has 5 rings (SSSR count). The van der Waals surface area contributed by atoms with E-state index in [9.17, 15) is 9.59 Å². The van der Waals surface area contributed by atoms with Gasteiger partial charge in [-0.05, 0) is 41.8 Å². The molecule has 38 heavy (non-hydrogen) atoms. The summed E-state index contributed by atoms with van der Waals surface area (Å²) in [5, 5.41) is 9.35. The van der Waals surface area contributed by atoms with Crippen molar-refractivity contribution in [2.24, 2.45) is 0 Å². The SMILES string of the molecule is Cc1nnc2n1-c1ccccc1C(c1ccc(Cl)cc1)=C[C@H]2CC(=O)NNC(=O)COCc1ccccc1. The van der Waals surface area contributed by atoms with E-state index in [0.29, 0.717) is 23.3 Å². The highest BCUT2D eigenvalue weighted by Gasteiger charge is 2.28. The van der Waals surface area contributed by atoms with Crippen LogP contribution < -0.4 is 10.9 Å². The van der Waals surface area contributed by atoms with Crippen LogP contribution in [0.5, 0.6) is 0 Å². The van der Waals surface area contributed by atoms with E-state index in [1.807, 2.05) is 96.4 Å². The molecule has 1 aliphatic rings. The molecule has 0 aliphatic carbocycles. The highest BCUT2D eigenvalue weighted by atomic mass is 35.5. The number of amides is 2. The van der Waals surface area contributed by atoms with Crippen molar-refractivity contribution in [1.29, 1.82) is 0 Å². The Kier molecular flexibility index (Phi) is 7.62. The van der Waals surface area contributed by atoms with Crippen LogP contribution in [-0.4, -0.2) is 33.2 Å². The molecule has 2 N–H and O–H groups in total. The summed E-state index contributed by atoms with van der Waals surface area (Å²) in [6.45, 7) is 2.01. The van der Waals surface area contributed by atoms with Crippen molar-refractivity contribution in [3.05, 3.63) is 118 Å². The van der Waals surface area contributed by atoms with Gasteiger partial charge >= 0.3 is 0 Å². The standard InChI is InChI=1S/C29H26ClN5O3/c1-19-31-34-29-22(16-27(36)32-33-28(37)18-38-17-20-7-3-2-4-8-20)15-25(21-11-13-23(30)14-12-21)24-9-5-6-10-26(24)35(19)29/h2-15,22H,16-18H2,1H3,(H,32,36)(H,33,37)/t22-/m0/s1. The van der Waals surface area contributed by atoms with E-state index in [2.05, 4.69) is 21.0 Å². The Balaban J connectivity index is 1.32. The Morgan fingerprint density at radius 3 is 2.42 bits per heavy atom. The van der Waals surface area contributed by atoms with E-state index in [1.54, 1.807) is 0 Å². The highest BCUT2D eigenvalue weighted by Crippen LogP contribution is 2.38. The van der Waals surface area contributed by atoms with Crippen molar-refractivity contribution in [3.63, 3.8) is 0 Å². The maximum Gasteiger partial charge on any atom is 0.264 e. The number of para-hydroxylation sites is 1. The van der Waals surface area contributed by atoms with Gasteiger partial charge in [-0.3, -0.25) is 25.0 Å². The fraction of sp³-hybridized carbons (Fsp3) is 0.172. The van der Waals surface area contributed by atoms with Gasteiger partial charge in [0.05, 0.1) is 12.3 Å². The molecule has 0 fully saturated rings. The van der Waals surface area contributed by atoms with E-state index < -0.39 is 11.8 Å². The third kappa shape index (κ3) is 5.66. The number of benzene rings is 3. The quantitative estimate of drug-likeness (QED) is 0.345. The first-order chi connectivity index (χ1) is 18.5. The Morgan fingerprint density at radius 2 is 1.63 bits per heavy atom. The largest absolute Gasteiger partial charge is 0.367 e. The first-order valence-corrected chi connectivity index (χ1v) is 12.6. The minimum Gasteiger partial charge on any atom is -0.367 e. The number of halogens is 1. The predicted molar refractivity (Wildman–Crippen MR) is 144 cm³/mol. The number of carbonyl (C=O) groups excluding carboxylic acids is 2. The van der Waals surface area contributed by atoms with Crippen LogP contribution in [0.1, 0.15) is 40.7 Å². The summed E-state index contributed by atoms with van der Waals surface area (Å²) in [6, 6.07) is 25.1. The number of nitrogens with zero attached hydrogens (tertiary/aromatic N) is 3. The molecule has 1 atom stereocenters. The number of aryl methyl sites for hydroxylation is 1. The zero-order valence-electron chi connectivity index (χ0n) is 20.7. The molecule has 3 aromatic carbocycles. The fourth-order valence-corrected chi connectivity index (χ4v) is 4.60. The van der Waals surface area contributed by atoms with Crippen molar-refractivity contribution in [3.8, 4) is 5.69 Å². The van der Waals surface area contributed by atoms with Crippen LogP contribution in [0.15, 0.2) is 84.9 Å². The molecule has 2 amide bonds. The van der Waals surface area contributed by atoms with Gasteiger partial charge in [-0.1, -0.05) is 78.3 Å². The zero-order chi connectivity index (χ0) is 26.5. The number of ether oxygens (including phenoxy) is 1. The van der Waals surface area contributed by atoms with Gasteiger partial charge in [-0.15, -0.1) is 10.2 Å². The Labute approximate surface area is 225 Å². The molecule has 0 spiro atoms. The summed E-state index contributed by atoms with van der Waals surface area (Å²) >= 11 is 6.14. The summed E-state index contributed by atoms with van der Waals surface area (Å²) in [6.07, 6.45) is 2.08. The van der Waals surface area contributed by atoms with Crippen LogP contribution in [0, 0.1) is 6.92 Å². The minimum absolute atomic E-state index is 0.0500. The van der Waals surface area contributed by atoms with E-state index in [-0.39, 0.29) is 18.9 Å². The van der Waals surface area contributed by atoms with Crippen molar-refractivity contribution in [2.75, 3.05) is 6.61 Å². The van der Waals surface area contributed by atoms with E-state index in [1.165, 1.54) is 0 Å². The second-order valence-corrected chi connectivity index (χ2v) is 9.37. The van der Waals surface area contributed by atoms with Gasteiger partial charge in [0.1, 0.15) is 18.3 Å². The number of fused-ring (bicyclic) bond motifs is 3. The Morgan fingerprint density at radius 1 is 0.921 bits per heavy atom. The molecule has 0 bridgehead atoms. The fourth-order valence-electron chi connectivity index (χ4n) is 4.47. The van der Waals surface area contributed by atoms with E-state index >= 15 is 0 Å². The highest BCUT2D eigenvalue weighted by molar-refractivity contribution is 6.30. The molecule has 1 aliphatic heterocycles. The van der Waals surface area contributed by atoms with Gasteiger partial charge in [-0.2, -0.15) is 0 Å². The van der Waals surface area contributed by atoms with E-state index in [4.69, 9.17) is 16.3 Å². The molecule has 192 valence electrons. The summed E-state index contributed by atoms with van der Waals surface area (Å²) in [5.74, 6) is 0.148. The molecule has 0 saturated heterocycles. The van der Waals surface area contributed by atoms with Gasteiger partial charge in [0, 0.05) is 22.9 Å². The van der Waals surface area contributed by atoms with Crippen LogP contribution in [0.3, 0.4) is 0 Å². The van der Waals surface area contributed by atoms with E-state index in [0.717, 1.165) is 28.0 Å². The predicted octanol–water partition coefficient (Wildman–Crippen LogP) is 4.51. The van der Waals surface area contributed by atoms with Gasteiger partial charge in [-0.25, -0.2) is 0 Å². The number of aromatic nitrogens is 3. The number of carbonyl (C=O) groups is 2. The maximum absolute atomic E-state index is 12.9. The number of allylic oxidation sites excluding steroid dienone is 1. The molecular formula is C29H26ClN5O3. The lowest BCUT2D eigenvalue weighted by molar-refractivity contribution is -0.132. The maximum atomic E-state index is 12.9. The number of hydrogen-bond donors (Lipinski definition) is 2. The van der Waals surface area contributed by atoms with Crippen molar-refractivity contribution in [1.82, 2.24) is 25.6 Å². The van der Waals surface area contributed by atoms with Crippen LogP contribution in [-0.2, 0) is 20.9 Å². The Hall–Kier alpha value is -4.27. The summed E-state index contributed by atoms with van der Waals surface area (Å²) < 4.78 is 7.41. The molecule has 8 nitrogen and oxygen atoms in total. The smallest absolute Gasteiger partial charge is 0.264 e. The van der Waals surface area contributed by atoms with Crippen LogP contribution >= 0.6 is 11.6 Å². The molecule has 2 heterocycles. The van der Waals surface area contributed by atoms with Crippen LogP contribution in [0.2, 0.25) is 5.02 Å². The van der Waals surface area contributed by atoms with Gasteiger partial charge < -0.3 is 4.74 Å². The third-order valence-corrected chi connectivity index (χ3v) is 6.48. The second-order valence-electron chi connectivity index (χ2n) is 8.93. The summed E-state index contributed by atoms with van der Waals surface area (Å²) in [7, 11) is 0. The number of nitrogens with one attached hydrogen (secondary N) is 2. The van der Waals surface area contributed by atoms with Gasteiger partial charge in [0.25, 0.3) is 5.91 Å². The molecular weight excluding hydrogens is 502 g/mol. The van der Waals surface area contributed by atoms with Crippen LogP contribution in [0.4, 0.5) is 0 Å². The lowest BCUT2D eigenvalue weighted by Crippen LogP contribution is -2.43. The molecule has 0 radical (unpaired) electrons. The average molecular weight is 528 g/mol. The molecule has 0 unspecified atom stereocenters. The number of rotatable bonds is 7. The minimum atomic E-state index is -0.445.